The van der Waals surface area contributed by atoms with E-state index in [0.29, 0.717) is 56.4 Å². The molecule has 1 saturated heterocycles. The van der Waals surface area contributed by atoms with Crippen LogP contribution in [0.1, 0.15) is 44.6 Å². The molecule has 2 atom stereocenters. The summed E-state index contributed by atoms with van der Waals surface area (Å²) in [5.74, 6) is 0.337. The third kappa shape index (κ3) is 7.22. The Bertz CT molecular complexity index is 1220. The van der Waals surface area contributed by atoms with Gasteiger partial charge in [-0.25, -0.2) is 18.6 Å². The predicted octanol–water partition coefficient (Wildman–Crippen LogP) is 5.27. The first-order valence-electron chi connectivity index (χ1n) is 13.5. The molecule has 39 heavy (non-hydrogen) atoms. The Morgan fingerprint density at radius 3 is 2.49 bits per heavy atom. The predicted molar refractivity (Wildman–Crippen MR) is 148 cm³/mol. The van der Waals surface area contributed by atoms with Gasteiger partial charge in [0.05, 0.1) is 24.9 Å². The zero-order chi connectivity index (χ0) is 28.0. The van der Waals surface area contributed by atoms with E-state index in [4.69, 9.17) is 15.5 Å². The number of ether oxygens (including phenoxy) is 1. The van der Waals surface area contributed by atoms with Gasteiger partial charge in [-0.1, -0.05) is 63.2 Å². The van der Waals surface area contributed by atoms with Crippen LogP contribution in [-0.4, -0.2) is 70.9 Å². The van der Waals surface area contributed by atoms with Crippen LogP contribution in [0.15, 0.2) is 60.8 Å². The van der Waals surface area contributed by atoms with Crippen LogP contribution >= 0.6 is 0 Å². The van der Waals surface area contributed by atoms with E-state index in [1.54, 1.807) is 15.9 Å². The summed E-state index contributed by atoms with van der Waals surface area (Å²) in [7, 11) is 0. The number of morpholine rings is 1. The highest BCUT2D eigenvalue weighted by molar-refractivity contribution is 5.75. The first-order valence-corrected chi connectivity index (χ1v) is 13.5. The van der Waals surface area contributed by atoms with Gasteiger partial charge in [0.2, 0.25) is 0 Å². The number of carbonyl (C=O) groups is 1. The van der Waals surface area contributed by atoms with Crippen LogP contribution in [0.2, 0.25) is 0 Å². The number of imidazole rings is 1. The van der Waals surface area contributed by atoms with E-state index in [-0.39, 0.29) is 18.4 Å². The lowest BCUT2D eigenvalue weighted by Crippen LogP contribution is -2.52. The second-order valence-electron chi connectivity index (χ2n) is 11.2. The van der Waals surface area contributed by atoms with Crippen molar-refractivity contribution >= 4 is 6.03 Å². The van der Waals surface area contributed by atoms with Gasteiger partial charge in [0, 0.05) is 44.0 Å². The summed E-state index contributed by atoms with van der Waals surface area (Å²) < 4.78 is 35.1. The highest BCUT2D eigenvalue weighted by atomic mass is 19.1. The minimum absolute atomic E-state index is 0.147. The molecule has 0 saturated carbocycles. The average molecular weight is 540 g/mol. The molecular weight excluding hydrogens is 500 g/mol. The van der Waals surface area contributed by atoms with E-state index in [0.717, 1.165) is 5.56 Å². The van der Waals surface area contributed by atoms with Crippen molar-refractivity contribution in [2.45, 2.75) is 45.8 Å². The van der Waals surface area contributed by atoms with Crippen LogP contribution in [0.5, 0.6) is 0 Å². The van der Waals surface area contributed by atoms with Crippen molar-refractivity contribution < 1.29 is 18.3 Å². The van der Waals surface area contributed by atoms with Crippen molar-refractivity contribution in [1.29, 1.82) is 0 Å². The summed E-state index contributed by atoms with van der Waals surface area (Å²) in [5, 5.41) is 0. The van der Waals surface area contributed by atoms with E-state index in [9.17, 15) is 13.6 Å². The standard InChI is InChI=1S/C30H39F2N5O2/c1-30(2,3)27(37(13-12-25(33)19-31)29(38)35-14-16-39-17-15-35)28-34-26(23-10-7-11-24(32)18-23)21-36(28)20-22-8-5-4-6-9-22/h4-11,18,21,25,27H,12-17,19-20,33H2,1-3H3/t25-,27-/m0/s1. The summed E-state index contributed by atoms with van der Waals surface area (Å²) >= 11 is 0. The van der Waals surface area contributed by atoms with Gasteiger partial charge >= 0.3 is 6.03 Å². The Morgan fingerprint density at radius 1 is 1.13 bits per heavy atom. The van der Waals surface area contributed by atoms with Crippen molar-refractivity contribution in [1.82, 2.24) is 19.4 Å². The van der Waals surface area contributed by atoms with Gasteiger partial charge in [-0.3, -0.25) is 0 Å². The SMILES string of the molecule is CC(C)(C)[C@H](c1nc(-c2cccc(F)c2)cn1Cc1ccccc1)N(CC[C@H](N)CF)C(=O)N1CCOCC1. The molecule has 2 N–H and O–H groups in total. The molecule has 2 amide bonds. The molecule has 0 bridgehead atoms. The van der Waals surface area contributed by atoms with E-state index >= 15 is 0 Å². The van der Waals surface area contributed by atoms with Crippen LogP contribution in [0, 0.1) is 11.2 Å². The van der Waals surface area contributed by atoms with Crippen LogP contribution in [0.4, 0.5) is 13.6 Å². The molecule has 0 radical (unpaired) electrons. The molecular formula is C30H39F2N5O2. The molecule has 0 aliphatic carbocycles. The first-order chi connectivity index (χ1) is 18.7. The van der Waals surface area contributed by atoms with Crippen molar-refractivity contribution in [3.05, 3.63) is 78.0 Å². The Morgan fingerprint density at radius 2 is 1.85 bits per heavy atom. The maximum absolute atomic E-state index is 14.2. The van der Waals surface area contributed by atoms with E-state index in [1.165, 1.54) is 12.1 Å². The van der Waals surface area contributed by atoms with E-state index in [1.807, 2.05) is 47.2 Å². The highest BCUT2D eigenvalue weighted by Crippen LogP contribution is 2.40. The average Bonchev–Trinajstić information content (AvgIpc) is 3.33. The number of aromatic nitrogens is 2. The second-order valence-corrected chi connectivity index (χ2v) is 11.2. The molecule has 4 rings (SSSR count). The summed E-state index contributed by atoms with van der Waals surface area (Å²) in [6.07, 6.45) is 2.23. The number of amides is 2. The summed E-state index contributed by atoms with van der Waals surface area (Å²) in [6, 6.07) is 15.1. The Balaban J connectivity index is 1.82. The Kier molecular flexibility index (Phi) is 9.35. The van der Waals surface area contributed by atoms with E-state index in [2.05, 4.69) is 20.8 Å². The van der Waals surface area contributed by atoms with Crippen molar-refractivity contribution in [3.63, 3.8) is 0 Å². The van der Waals surface area contributed by atoms with E-state index < -0.39 is 24.2 Å². The van der Waals surface area contributed by atoms with Gasteiger partial charge < -0.3 is 24.8 Å². The molecule has 0 spiro atoms. The number of hydrogen-bond acceptors (Lipinski definition) is 4. The number of nitrogens with zero attached hydrogens (tertiary/aromatic N) is 4. The molecule has 7 nitrogen and oxygen atoms in total. The Labute approximate surface area is 229 Å². The number of rotatable bonds is 9. The van der Waals surface area contributed by atoms with Gasteiger partial charge in [-0.15, -0.1) is 0 Å². The van der Waals surface area contributed by atoms with Gasteiger partial charge in [0.25, 0.3) is 0 Å². The smallest absolute Gasteiger partial charge is 0.320 e. The molecule has 210 valence electrons. The van der Waals surface area contributed by atoms with Crippen molar-refractivity contribution in [3.8, 4) is 11.3 Å². The van der Waals surface area contributed by atoms with Crippen LogP contribution in [0.25, 0.3) is 11.3 Å². The molecule has 0 unspecified atom stereocenters. The first kappa shape index (κ1) is 28.7. The molecule has 1 aliphatic heterocycles. The summed E-state index contributed by atoms with van der Waals surface area (Å²) in [4.78, 5) is 22.6. The lowest BCUT2D eigenvalue weighted by atomic mass is 9.84. The molecule has 2 heterocycles. The number of hydrogen-bond donors (Lipinski definition) is 1. The Hall–Kier alpha value is -3.30. The molecule has 1 aliphatic rings. The lowest BCUT2D eigenvalue weighted by Gasteiger charge is -2.43. The highest BCUT2D eigenvalue weighted by Gasteiger charge is 2.40. The van der Waals surface area contributed by atoms with Crippen molar-refractivity contribution in [2.24, 2.45) is 11.1 Å². The molecule has 1 aromatic heterocycles. The minimum Gasteiger partial charge on any atom is -0.378 e. The lowest BCUT2D eigenvalue weighted by molar-refractivity contribution is 0.0277. The second kappa shape index (κ2) is 12.7. The van der Waals surface area contributed by atoms with Gasteiger partial charge in [0.1, 0.15) is 18.3 Å². The maximum Gasteiger partial charge on any atom is 0.320 e. The van der Waals surface area contributed by atoms with Crippen LogP contribution in [-0.2, 0) is 11.3 Å². The summed E-state index contributed by atoms with van der Waals surface area (Å²) in [6.45, 7) is 8.23. The van der Waals surface area contributed by atoms with Crippen molar-refractivity contribution in [2.75, 3.05) is 39.5 Å². The van der Waals surface area contributed by atoms with Crippen LogP contribution < -0.4 is 5.73 Å². The van der Waals surface area contributed by atoms with Gasteiger partial charge in [0.15, 0.2) is 0 Å². The molecule has 3 aromatic rings. The number of halogens is 2. The number of nitrogens with two attached hydrogens (primary N) is 1. The zero-order valence-electron chi connectivity index (χ0n) is 23.0. The maximum atomic E-state index is 14.2. The minimum atomic E-state index is -0.669. The summed E-state index contributed by atoms with van der Waals surface area (Å²) in [5.41, 5.74) is 7.87. The normalized spacial score (nSPS) is 15.7. The quantitative estimate of drug-likeness (QED) is 0.402. The topological polar surface area (TPSA) is 76.6 Å². The fraction of sp³-hybridized carbons (Fsp3) is 0.467. The third-order valence-electron chi connectivity index (χ3n) is 6.97. The number of alkyl halides is 1. The molecule has 9 heteroatoms. The number of urea groups is 1. The monoisotopic (exact) mass is 539 g/mol. The third-order valence-corrected chi connectivity index (χ3v) is 6.97. The largest absolute Gasteiger partial charge is 0.378 e. The number of benzene rings is 2. The molecule has 2 aromatic carbocycles. The molecule has 1 fully saturated rings. The fourth-order valence-electron chi connectivity index (χ4n) is 4.99. The van der Waals surface area contributed by atoms with Gasteiger partial charge in [-0.2, -0.15) is 0 Å². The number of carbonyl (C=O) groups excluding carboxylic acids is 1. The zero-order valence-corrected chi connectivity index (χ0v) is 23.0. The van der Waals surface area contributed by atoms with Gasteiger partial charge in [-0.05, 0) is 29.5 Å². The van der Waals surface area contributed by atoms with Crippen LogP contribution in [0.3, 0.4) is 0 Å². The fourth-order valence-corrected chi connectivity index (χ4v) is 4.99.